The molecule has 0 aliphatic heterocycles. The summed E-state index contributed by atoms with van der Waals surface area (Å²) >= 11 is 1.48. The summed E-state index contributed by atoms with van der Waals surface area (Å²) in [4.78, 5) is 21.4. The Labute approximate surface area is 193 Å². The predicted octanol–water partition coefficient (Wildman–Crippen LogP) is 5.33. The second kappa shape index (κ2) is 10.1. The summed E-state index contributed by atoms with van der Waals surface area (Å²) in [5, 5.41) is 1.95. The molecular weight excluding hydrogens is 416 g/mol. The largest absolute Gasteiger partial charge is 0.330 e. The zero-order valence-electron chi connectivity index (χ0n) is 18.6. The van der Waals surface area contributed by atoms with Gasteiger partial charge in [0.2, 0.25) is 0 Å². The van der Waals surface area contributed by atoms with Crippen LogP contribution < -0.4 is 5.73 Å². The third-order valence-electron chi connectivity index (χ3n) is 5.70. The van der Waals surface area contributed by atoms with Gasteiger partial charge in [-0.3, -0.25) is 4.79 Å². The molecule has 5 nitrogen and oxygen atoms in total. The van der Waals surface area contributed by atoms with Gasteiger partial charge in [0.25, 0.3) is 5.91 Å². The highest BCUT2D eigenvalue weighted by Gasteiger charge is 2.33. The maximum absolute atomic E-state index is 13.6. The molecule has 0 aliphatic carbocycles. The Hall–Kier alpha value is -2.96. The second-order valence-corrected chi connectivity index (χ2v) is 9.29. The summed E-state index contributed by atoms with van der Waals surface area (Å²) in [7, 11) is 0. The number of rotatable bonds is 9. The molecule has 4 aromatic rings. The van der Waals surface area contributed by atoms with Gasteiger partial charge in [0.1, 0.15) is 5.82 Å². The minimum absolute atomic E-state index is 0.0467. The predicted molar refractivity (Wildman–Crippen MR) is 132 cm³/mol. The van der Waals surface area contributed by atoms with Crippen molar-refractivity contribution in [2.45, 2.75) is 32.9 Å². The van der Waals surface area contributed by atoms with Crippen LogP contribution in [0, 0.1) is 5.92 Å². The molecule has 2 heterocycles. The normalized spacial score (nSPS) is 12.4. The number of benzene rings is 2. The quantitative estimate of drug-likeness (QED) is 0.378. The fourth-order valence-corrected chi connectivity index (χ4v) is 4.90. The van der Waals surface area contributed by atoms with Crippen molar-refractivity contribution >= 4 is 28.3 Å². The Kier molecular flexibility index (Phi) is 7.02. The van der Waals surface area contributed by atoms with E-state index in [2.05, 4.69) is 48.7 Å². The van der Waals surface area contributed by atoms with Crippen LogP contribution in [0.15, 0.2) is 72.1 Å². The number of carbonyl (C=O) groups excluding carboxylic acids is 1. The lowest BCUT2D eigenvalue weighted by Gasteiger charge is -2.34. The molecule has 0 fully saturated rings. The Morgan fingerprint density at radius 2 is 1.81 bits per heavy atom. The molecule has 2 aromatic carbocycles. The molecular formula is C26H30N4OS. The SMILES string of the molecule is CC(C)[C@H](c1nc2ccccc2n1Cc1ccccc1)N(CCCN)C(=O)c1cccs1. The fraction of sp³-hybridized carbons (Fsp3) is 0.308. The number of aromatic nitrogens is 2. The number of hydrogen-bond acceptors (Lipinski definition) is 4. The zero-order valence-corrected chi connectivity index (χ0v) is 19.5. The number of carbonyl (C=O) groups is 1. The maximum atomic E-state index is 13.6. The smallest absolute Gasteiger partial charge is 0.264 e. The van der Waals surface area contributed by atoms with Crippen molar-refractivity contribution in [1.82, 2.24) is 14.5 Å². The van der Waals surface area contributed by atoms with Gasteiger partial charge < -0.3 is 15.2 Å². The Morgan fingerprint density at radius 3 is 2.50 bits per heavy atom. The van der Waals surface area contributed by atoms with Crippen molar-refractivity contribution in [2.75, 3.05) is 13.1 Å². The molecule has 2 aromatic heterocycles. The van der Waals surface area contributed by atoms with Crippen molar-refractivity contribution in [3.8, 4) is 0 Å². The first-order chi connectivity index (χ1) is 15.6. The number of para-hydroxylation sites is 2. The van der Waals surface area contributed by atoms with E-state index in [0.29, 0.717) is 19.6 Å². The number of nitrogens with two attached hydrogens (primary N) is 1. The topological polar surface area (TPSA) is 64.2 Å². The average Bonchev–Trinajstić information content (AvgIpc) is 3.46. The molecule has 2 N–H and O–H groups in total. The van der Waals surface area contributed by atoms with E-state index in [1.807, 2.05) is 46.7 Å². The fourth-order valence-electron chi connectivity index (χ4n) is 4.22. The molecule has 0 unspecified atom stereocenters. The standard InChI is InChI=1S/C26H30N4OS/c1-19(2)24(29(16-9-15-27)26(31)23-14-8-17-32-23)25-28-21-12-6-7-13-22(21)30(25)18-20-10-4-3-5-11-20/h3-8,10-14,17,19,24H,9,15-16,18,27H2,1-2H3/t24-/m1/s1. The molecule has 1 atom stereocenters. The van der Waals surface area contributed by atoms with Gasteiger partial charge in [0.15, 0.2) is 0 Å². The lowest BCUT2D eigenvalue weighted by molar-refractivity contribution is 0.0610. The van der Waals surface area contributed by atoms with Gasteiger partial charge in [-0.05, 0) is 48.0 Å². The lowest BCUT2D eigenvalue weighted by atomic mass is 10.0. The monoisotopic (exact) mass is 446 g/mol. The van der Waals surface area contributed by atoms with Crippen molar-refractivity contribution in [3.63, 3.8) is 0 Å². The first-order valence-corrected chi connectivity index (χ1v) is 12.0. The summed E-state index contributed by atoms with van der Waals surface area (Å²) in [5.41, 5.74) is 9.09. The van der Waals surface area contributed by atoms with Crippen molar-refractivity contribution in [3.05, 3.63) is 88.4 Å². The van der Waals surface area contributed by atoms with Gasteiger partial charge in [0.05, 0.1) is 22.0 Å². The molecule has 1 amide bonds. The third kappa shape index (κ3) is 4.61. The minimum Gasteiger partial charge on any atom is -0.330 e. The highest BCUT2D eigenvalue weighted by Crippen LogP contribution is 2.33. The molecule has 0 aliphatic rings. The summed E-state index contributed by atoms with van der Waals surface area (Å²) in [6, 6.07) is 22.3. The van der Waals surface area contributed by atoms with Crippen molar-refractivity contribution in [2.24, 2.45) is 11.7 Å². The number of nitrogens with zero attached hydrogens (tertiary/aromatic N) is 3. The van der Waals surface area contributed by atoms with Crippen molar-refractivity contribution < 1.29 is 4.79 Å². The van der Waals surface area contributed by atoms with Crippen LogP contribution >= 0.6 is 11.3 Å². The van der Waals surface area contributed by atoms with Crippen LogP contribution in [-0.4, -0.2) is 33.4 Å². The number of fused-ring (bicyclic) bond motifs is 1. The highest BCUT2D eigenvalue weighted by atomic mass is 32.1. The molecule has 166 valence electrons. The third-order valence-corrected chi connectivity index (χ3v) is 6.55. The Bertz CT molecular complexity index is 1150. The second-order valence-electron chi connectivity index (χ2n) is 8.34. The number of imidazole rings is 1. The van der Waals surface area contributed by atoms with Crippen LogP contribution in [0.25, 0.3) is 11.0 Å². The summed E-state index contributed by atoms with van der Waals surface area (Å²) < 4.78 is 2.27. The van der Waals surface area contributed by atoms with Crippen LogP contribution in [-0.2, 0) is 6.54 Å². The van der Waals surface area contributed by atoms with Gasteiger partial charge in [0, 0.05) is 13.1 Å². The molecule has 6 heteroatoms. The number of thiophene rings is 1. The van der Waals surface area contributed by atoms with E-state index in [4.69, 9.17) is 10.7 Å². The van der Waals surface area contributed by atoms with E-state index in [1.54, 1.807) is 0 Å². The van der Waals surface area contributed by atoms with E-state index >= 15 is 0 Å². The van der Waals surface area contributed by atoms with Crippen LogP contribution in [0.1, 0.15) is 47.4 Å². The maximum Gasteiger partial charge on any atom is 0.264 e. The zero-order chi connectivity index (χ0) is 22.5. The molecule has 0 radical (unpaired) electrons. The van der Waals surface area contributed by atoms with Gasteiger partial charge in [-0.25, -0.2) is 4.98 Å². The van der Waals surface area contributed by atoms with Gasteiger partial charge in [-0.15, -0.1) is 11.3 Å². The van der Waals surface area contributed by atoms with Gasteiger partial charge in [-0.1, -0.05) is 62.4 Å². The van der Waals surface area contributed by atoms with E-state index < -0.39 is 0 Å². The summed E-state index contributed by atoms with van der Waals surface area (Å²) in [6.07, 6.45) is 0.749. The van der Waals surface area contributed by atoms with E-state index in [0.717, 1.165) is 28.2 Å². The molecule has 0 spiro atoms. The van der Waals surface area contributed by atoms with Crippen LogP contribution in [0.2, 0.25) is 0 Å². The molecule has 0 saturated heterocycles. The minimum atomic E-state index is -0.160. The van der Waals surface area contributed by atoms with E-state index in [-0.39, 0.29) is 17.9 Å². The van der Waals surface area contributed by atoms with E-state index in [9.17, 15) is 4.79 Å². The summed E-state index contributed by atoms with van der Waals surface area (Å²) in [6.45, 7) is 6.17. The number of hydrogen-bond donors (Lipinski definition) is 1. The van der Waals surface area contributed by atoms with Gasteiger partial charge >= 0.3 is 0 Å². The molecule has 4 rings (SSSR count). The Morgan fingerprint density at radius 1 is 1.06 bits per heavy atom. The van der Waals surface area contributed by atoms with E-state index in [1.165, 1.54) is 16.9 Å². The van der Waals surface area contributed by atoms with Crippen LogP contribution in [0.4, 0.5) is 0 Å². The van der Waals surface area contributed by atoms with Gasteiger partial charge in [-0.2, -0.15) is 0 Å². The highest BCUT2D eigenvalue weighted by molar-refractivity contribution is 7.12. The van der Waals surface area contributed by atoms with Crippen LogP contribution in [0.3, 0.4) is 0 Å². The summed E-state index contributed by atoms with van der Waals surface area (Å²) in [5.74, 6) is 1.15. The molecule has 32 heavy (non-hydrogen) atoms. The average molecular weight is 447 g/mol. The molecule has 0 saturated carbocycles. The Balaban J connectivity index is 1.83. The first-order valence-electron chi connectivity index (χ1n) is 11.1. The number of amides is 1. The lowest BCUT2D eigenvalue weighted by Crippen LogP contribution is -2.40. The molecule has 0 bridgehead atoms. The van der Waals surface area contributed by atoms with Crippen molar-refractivity contribution in [1.29, 1.82) is 0 Å². The first kappa shape index (κ1) is 22.2. The van der Waals surface area contributed by atoms with Crippen LogP contribution in [0.5, 0.6) is 0 Å².